The van der Waals surface area contributed by atoms with E-state index >= 15 is 0 Å². The number of halogens is 1. The molecule has 2 aliphatic heterocycles. The summed E-state index contributed by atoms with van der Waals surface area (Å²) in [6.45, 7) is 2.11. The van der Waals surface area contributed by atoms with Crippen LogP contribution in [0.4, 0.5) is 0 Å². The van der Waals surface area contributed by atoms with Crippen LogP contribution in [0.3, 0.4) is 0 Å². The molecule has 2 fully saturated rings. The predicted octanol–water partition coefficient (Wildman–Crippen LogP) is -0.373. The zero-order valence-electron chi connectivity index (χ0n) is 7.66. The van der Waals surface area contributed by atoms with Crippen molar-refractivity contribution in [2.24, 2.45) is 0 Å². The number of hydrogen-bond donors (Lipinski definition) is 1. The Morgan fingerprint density at radius 3 is 3.15 bits per heavy atom. The van der Waals surface area contributed by atoms with Gasteiger partial charge in [-0.05, 0) is 13.0 Å². The molecule has 1 N–H and O–H groups in total. The molecule has 2 saturated heterocycles. The first-order valence-electron chi connectivity index (χ1n) is 4.37. The lowest BCUT2D eigenvalue weighted by Crippen LogP contribution is -2.59. The van der Waals surface area contributed by atoms with E-state index in [9.17, 15) is 4.79 Å². The van der Waals surface area contributed by atoms with Gasteiger partial charge in [-0.3, -0.25) is 4.79 Å². The molecule has 4 nitrogen and oxygen atoms in total. The molecule has 2 rings (SSSR count). The quantitative estimate of drug-likeness (QED) is 0.588. The van der Waals surface area contributed by atoms with Crippen LogP contribution >= 0.6 is 12.4 Å². The van der Waals surface area contributed by atoms with E-state index in [4.69, 9.17) is 4.74 Å². The second kappa shape index (κ2) is 4.26. The summed E-state index contributed by atoms with van der Waals surface area (Å²) < 4.78 is 5.41. The molecule has 0 bridgehead atoms. The average Bonchev–Trinajstić information content (AvgIpc) is 2.12. The van der Waals surface area contributed by atoms with E-state index in [1.165, 1.54) is 0 Å². The number of likely N-dealkylation sites (N-methyl/N-ethyl adjacent to an activating group) is 1. The summed E-state index contributed by atoms with van der Waals surface area (Å²) in [6, 6.07) is 0.299. The molecule has 2 heterocycles. The van der Waals surface area contributed by atoms with Gasteiger partial charge in [0.05, 0.1) is 12.1 Å². The smallest absolute Gasteiger partial charge is 0.248 e. The lowest BCUT2D eigenvalue weighted by atomic mass is 10.0. The summed E-state index contributed by atoms with van der Waals surface area (Å²) in [4.78, 5) is 13.1. The van der Waals surface area contributed by atoms with Crippen LogP contribution in [0.5, 0.6) is 0 Å². The maximum Gasteiger partial charge on any atom is 0.248 e. The Kier molecular flexibility index (Phi) is 3.53. The van der Waals surface area contributed by atoms with Crippen LogP contribution in [0.1, 0.15) is 6.42 Å². The molecule has 1 amide bonds. The van der Waals surface area contributed by atoms with Crippen LogP contribution < -0.4 is 5.32 Å². The molecule has 0 aromatic rings. The Labute approximate surface area is 84.0 Å². The fourth-order valence-corrected chi connectivity index (χ4v) is 1.89. The number of rotatable bonds is 0. The Morgan fingerprint density at radius 1 is 1.62 bits per heavy atom. The van der Waals surface area contributed by atoms with Gasteiger partial charge in [0.2, 0.25) is 5.91 Å². The van der Waals surface area contributed by atoms with Gasteiger partial charge in [0.25, 0.3) is 0 Å². The number of morpholine rings is 1. The van der Waals surface area contributed by atoms with Gasteiger partial charge in [-0.25, -0.2) is 0 Å². The van der Waals surface area contributed by atoms with Gasteiger partial charge in [-0.15, -0.1) is 12.4 Å². The predicted molar refractivity (Wildman–Crippen MR) is 51.0 cm³/mol. The molecular weight excluding hydrogens is 192 g/mol. The summed E-state index contributed by atoms with van der Waals surface area (Å²) in [5, 5.41) is 3.26. The lowest BCUT2D eigenvalue weighted by Gasteiger charge is -2.41. The van der Waals surface area contributed by atoms with E-state index in [1.54, 1.807) is 0 Å². The van der Waals surface area contributed by atoms with E-state index < -0.39 is 0 Å². The van der Waals surface area contributed by atoms with Crippen molar-refractivity contribution in [3.05, 3.63) is 0 Å². The molecule has 0 radical (unpaired) electrons. The van der Waals surface area contributed by atoms with Crippen molar-refractivity contribution in [2.45, 2.75) is 18.6 Å². The Bertz CT molecular complexity index is 201. The van der Waals surface area contributed by atoms with E-state index in [2.05, 4.69) is 5.32 Å². The first-order valence-corrected chi connectivity index (χ1v) is 4.37. The fourth-order valence-electron chi connectivity index (χ4n) is 1.89. The molecule has 5 heteroatoms. The van der Waals surface area contributed by atoms with Crippen LogP contribution in [0.25, 0.3) is 0 Å². The second-order valence-corrected chi connectivity index (χ2v) is 3.41. The van der Waals surface area contributed by atoms with Gasteiger partial charge in [0.15, 0.2) is 0 Å². The van der Waals surface area contributed by atoms with Crippen LogP contribution in [0.15, 0.2) is 0 Å². The normalized spacial score (nSPS) is 33.6. The topological polar surface area (TPSA) is 41.6 Å². The SMILES string of the molecule is CN1C(=O)CO[C@H]2CNCC[C@H]21.Cl. The van der Waals surface area contributed by atoms with Crippen molar-refractivity contribution >= 4 is 18.3 Å². The van der Waals surface area contributed by atoms with Gasteiger partial charge in [-0.2, -0.15) is 0 Å². The largest absolute Gasteiger partial charge is 0.365 e. The molecule has 2 aliphatic rings. The molecule has 0 aromatic heterocycles. The zero-order valence-corrected chi connectivity index (χ0v) is 8.47. The third-order valence-corrected chi connectivity index (χ3v) is 2.70. The number of fused-ring (bicyclic) bond motifs is 1. The van der Waals surface area contributed by atoms with Gasteiger partial charge in [0.1, 0.15) is 6.61 Å². The van der Waals surface area contributed by atoms with Gasteiger partial charge in [-0.1, -0.05) is 0 Å². The molecule has 13 heavy (non-hydrogen) atoms. The van der Waals surface area contributed by atoms with E-state index in [-0.39, 0.29) is 31.0 Å². The maximum absolute atomic E-state index is 11.2. The standard InChI is InChI=1S/C8H14N2O2.ClH/c1-10-6-2-3-9-4-7(6)12-5-8(10)11;/h6-7,9H,2-5H2,1H3;1H/t6-,7+;/m1./s1. The van der Waals surface area contributed by atoms with Crippen molar-refractivity contribution in [1.82, 2.24) is 10.2 Å². The molecule has 0 saturated carbocycles. The number of hydrogen-bond acceptors (Lipinski definition) is 3. The molecule has 0 aromatic carbocycles. The second-order valence-electron chi connectivity index (χ2n) is 3.41. The highest BCUT2D eigenvalue weighted by atomic mass is 35.5. The van der Waals surface area contributed by atoms with Crippen molar-refractivity contribution in [3.8, 4) is 0 Å². The summed E-state index contributed by atoms with van der Waals surface area (Å²) >= 11 is 0. The highest BCUT2D eigenvalue weighted by molar-refractivity contribution is 5.85. The molecular formula is C8H15ClN2O2. The van der Waals surface area contributed by atoms with Crippen molar-refractivity contribution in [2.75, 3.05) is 26.7 Å². The number of carbonyl (C=O) groups is 1. The number of carbonyl (C=O) groups excluding carboxylic acids is 1. The van der Waals surface area contributed by atoms with E-state index in [1.807, 2.05) is 11.9 Å². The van der Waals surface area contributed by atoms with Crippen LogP contribution in [0, 0.1) is 0 Å². The Hall–Kier alpha value is -0.320. The summed E-state index contributed by atoms with van der Waals surface area (Å²) in [6.07, 6.45) is 1.22. The highest BCUT2D eigenvalue weighted by Crippen LogP contribution is 2.18. The van der Waals surface area contributed by atoms with Crippen LogP contribution in [-0.4, -0.2) is 49.7 Å². The minimum atomic E-state index is 0. The minimum absolute atomic E-state index is 0. The van der Waals surface area contributed by atoms with Crippen molar-refractivity contribution in [1.29, 1.82) is 0 Å². The summed E-state index contributed by atoms with van der Waals surface area (Å²) in [7, 11) is 1.87. The minimum Gasteiger partial charge on any atom is -0.365 e. The maximum atomic E-state index is 11.2. The van der Waals surface area contributed by atoms with Crippen LogP contribution in [0.2, 0.25) is 0 Å². The van der Waals surface area contributed by atoms with Crippen molar-refractivity contribution in [3.63, 3.8) is 0 Å². The highest BCUT2D eigenvalue weighted by Gasteiger charge is 2.35. The van der Waals surface area contributed by atoms with Crippen LogP contribution in [-0.2, 0) is 9.53 Å². The van der Waals surface area contributed by atoms with E-state index in [0.717, 1.165) is 19.5 Å². The zero-order chi connectivity index (χ0) is 8.55. The van der Waals surface area contributed by atoms with E-state index in [0.29, 0.717) is 6.04 Å². The third kappa shape index (κ3) is 1.95. The number of nitrogens with one attached hydrogen (secondary N) is 1. The fraction of sp³-hybridized carbons (Fsp3) is 0.875. The number of ether oxygens (including phenoxy) is 1. The van der Waals surface area contributed by atoms with Crippen molar-refractivity contribution < 1.29 is 9.53 Å². The lowest BCUT2D eigenvalue weighted by molar-refractivity contribution is -0.156. The molecule has 0 unspecified atom stereocenters. The van der Waals surface area contributed by atoms with Gasteiger partial charge >= 0.3 is 0 Å². The number of nitrogens with zero attached hydrogens (tertiary/aromatic N) is 1. The average molecular weight is 207 g/mol. The number of amides is 1. The summed E-state index contributed by atoms with van der Waals surface area (Å²) in [5.41, 5.74) is 0. The number of piperidine rings is 1. The molecule has 0 aliphatic carbocycles. The van der Waals surface area contributed by atoms with Gasteiger partial charge in [0, 0.05) is 13.6 Å². The first-order chi connectivity index (χ1) is 5.79. The summed E-state index contributed by atoms with van der Waals surface area (Å²) in [5.74, 6) is 0.109. The molecule has 0 spiro atoms. The monoisotopic (exact) mass is 206 g/mol. The first kappa shape index (κ1) is 10.8. The molecule has 2 atom stereocenters. The third-order valence-electron chi connectivity index (χ3n) is 2.70. The Balaban J connectivity index is 0.000000845. The Morgan fingerprint density at radius 2 is 2.38 bits per heavy atom. The molecule has 76 valence electrons. The van der Waals surface area contributed by atoms with Gasteiger partial charge < -0.3 is 15.0 Å².